The highest BCUT2D eigenvalue weighted by Gasteiger charge is 2.34. The maximum absolute atomic E-state index is 12.7. The van der Waals surface area contributed by atoms with Crippen molar-refractivity contribution in [2.45, 2.75) is 26.3 Å². The Labute approximate surface area is 162 Å². The average molecular weight is 385 g/mol. The molecule has 1 atom stereocenters. The Bertz CT molecular complexity index is 846. The highest BCUT2D eigenvalue weighted by atomic mass is 32.1. The first-order valence-corrected chi connectivity index (χ1v) is 9.84. The molecule has 0 fully saturated rings. The van der Waals surface area contributed by atoms with Gasteiger partial charge in [0.1, 0.15) is 0 Å². The van der Waals surface area contributed by atoms with Gasteiger partial charge in [0.05, 0.1) is 30.5 Å². The summed E-state index contributed by atoms with van der Waals surface area (Å²) in [5.74, 6) is -0.427. The van der Waals surface area contributed by atoms with Crippen LogP contribution in [0.15, 0.2) is 53.0 Å². The lowest BCUT2D eigenvalue weighted by Crippen LogP contribution is -2.47. The molecule has 0 bridgehead atoms. The van der Waals surface area contributed by atoms with Gasteiger partial charge in [0.25, 0.3) is 0 Å². The van der Waals surface area contributed by atoms with Gasteiger partial charge in [-0.25, -0.2) is 9.59 Å². The minimum absolute atomic E-state index is 0.271. The number of para-hydroxylation sites is 1. The number of carbonyl (C=O) groups excluding carboxylic acids is 2. The number of nitrogens with one attached hydrogen (secondary N) is 3. The second-order valence-electron chi connectivity index (χ2n) is 6.02. The zero-order chi connectivity index (χ0) is 19.2. The van der Waals surface area contributed by atoms with Crippen molar-refractivity contribution in [3.05, 3.63) is 63.5 Å². The minimum atomic E-state index is -0.518. The molecule has 2 amide bonds. The molecule has 1 aliphatic heterocycles. The predicted octanol–water partition coefficient (Wildman–Crippen LogP) is 3.59. The van der Waals surface area contributed by atoms with Crippen molar-refractivity contribution in [3.63, 3.8) is 0 Å². The minimum Gasteiger partial charge on any atom is -0.463 e. The van der Waals surface area contributed by atoms with Gasteiger partial charge in [-0.3, -0.25) is 0 Å². The lowest BCUT2D eigenvalue weighted by Gasteiger charge is -2.29. The Kier molecular flexibility index (Phi) is 6.13. The molecule has 0 saturated heterocycles. The number of esters is 1. The van der Waals surface area contributed by atoms with E-state index in [2.05, 4.69) is 28.9 Å². The molecule has 2 aromatic rings. The first-order chi connectivity index (χ1) is 13.1. The van der Waals surface area contributed by atoms with Crippen molar-refractivity contribution in [2.24, 2.45) is 0 Å². The summed E-state index contributed by atoms with van der Waals surface area (Å²) in [4.78, 5) is 25.8. The number of urea groups is 1. The summed E-state index contributed by atoms with van der Waals surface area (Å²) in [6, 6.07) is 10.9. The molecule has 3 rings (SSSR count). The van der Waals surface area contributed by atoms with Crippen molar-refractivity contribution in [1.29, 1.82) is 0 Å². The van der Waals surface area contributed by atoms with Crippen LogP contribution in [0.1, 0.15) is 30.3 Å². The number of hydrogen-bond acceptors (Lipinski definition) is 5. The molecule has 3 N–H and O–H groups in total. The van der Waals surface area contributed by atoms with Crippen LogP contribution in [0.3, 0.4) is 0 Å². The number of anilines is 1. The van der Waals surface area contributed by atoms with Crippen molar-refractivity contribution in [3.8, 4) is 0 Å². The summed E-state index contributed by atoms with van der Waals surface area (Å²) >= 11 is 1.49. The van der Waals surface area contributed by atoms with Crippen molar-refractivity contribution in [2.75, 3.05) is 18.5 Å². The SMILES string of the molecule is CCOC(=O)C1=C(CNc2ccccc2CC)NC(=O)N[C@H]1c1cccs1. The molecule has 0 aliphatic carbocycles. The Hall–Kier alpha value is -2.80. The molecule has 2 heterocycles. The van der Waals surface area contributed by atoms with E-state index in [1.807, 2.05) is 35.7 Å². The highest BCUT2D eigenvalue weighted by molar-refractivity contribution is 7.10. The smallest absolute Gasteiger partial charge is 0.338 e. The molecule has 0 radical (unpaired) electrons. The predicted molar refractivity (Wildman–Crippen MR) is 107 cm³/mol. The molecular formula is C20H23N3O3S. The van der Waals surface area contributed by atoms with E-state index in [0.717, 1.165) is 17.0 Å². The summed E-state index contributed by atoms with van der Waals surface area (Å²) in [6.45, 7) is 4.44. The molecular weight excluding hydrogens is 362 g/mol. The van der Waals surface area contributed by atoms with Gasteiger partial charge in [-0.2, -0.15) is 0 Å². The van der Waals surface area contributed by atoms with Gasteiger partial charge >= 0.3 is 12.0 Å². The quantitative estimate of drug-likeness (QED) is 0.637. The fraction of sp³-hybridized carbons (Fsp3) is 0.300. The average Bonchev–Trinajstić information content (AvgIpc) is 3.21. The van der Waals surface area contributed by atoms with E-state index in [0.29, 0.717) is 17.8 Å². The van der Waals surface area contributed by atoms with Crippen LogP contribution in [-0.2, 0) is 16.0 Å². The Morgan fingerprint density at radius 3 is 2.74 bits per heavy atom. The lowest BCUT2D eigenvalue weighted by atomic mass is 10.0. The summed E-state index contributed by atoms with van der Waals surface area (Å²) in [6.07, 6.45) is 0.888. The third-order valence-corrected chi connectivity index (χ3v) is 5.27. The Balaban J connectivity index is 1.94. The van der Waals surface area contributed by atoms with E-state index < -0.39 is 12.0 Å². The van der Waals surface area contributed by atoms with Gasteiger partial charge < -0.3 is 20.7 Å². The summed E-state index contributed by atoms with van der Waals surface area (Å²) in [5.41, 5.74) is 3.11. The third-order valence-electron chi connectivity index (χ3n) is 4.33. The zero-order valence-corrected chi connectivity index (χ0v) is 16.2. The number of amides is 2. The van der Waals surface area contributed by atoms with Gasteiger partial charge in [0, 0.05) is 10.6 Å². The van der Waals surface area contributed by atoms with E-state index in [9.17, 15) is 9.59 Å². The standard InChI is InChI=1S/C20H23N3O3S/c1-3-13-8-5-6-9-14(13)21-12-15-17(19(24)26-4-2)18(23-20(25)22-15)16-10-7-11-27-16/h5-11,18,21H,3-4,12H2,1-2H3,(H2,22,23,25)/t18-/m0/s1. The highest BCUT2D eigenvalue weighted by Crippen LogP contribution is 2.31. The Morgan fingerprint density at radius 2 is 2.04 bits per heavy atom. The van der Waals surface area contributed by atoms with E-state index in [1.165, 1.54) is 16.9 Å². The maximum atomic E-state index is 12.7. The lowest BCUT2D eigenvalue weighted by molar-refractivity contribution is -0.139. The number of aryl methyl sites for hydroxylation is 1. The summed E-state index contributed by atoms with van der Waals surface area (Å²) in [7, 11) is 0. The van der Waals surface area contributed by atoms with Gasteiger partial charge in [-0.15, -0.1) is 11.3 Å². The van der Waals surface area contributed by atoms with Crippen LogP contribution < -0.4 is 16.0 Å². The molecule has 1 aromatic carbocycles. The van der Waals surface area contributed by atoms with Gasteiger partial charge in [0.15, 0.2) is 0 Å². The monoisotopic (exact) mass is 385 g/mol. The maximum Gasteiger partial charge on any atom is 0.338 e. The summed E-state index contributed by atoms with van der Waals surface area (Å²) in [5, 5.41) is 10.9. The van der Waals surface area contributed by atoms with Crippen LogP contribution in [0, 0.1) is 0 Å². The zero-order valence-electron chi connectivity index (χ0n) is 15.4. The molecule has 142 valence electrons. The first-order valence-electron chi connectivity index (χ1n) is 8.96. The second-order valence-corrected chi connectivity index (χ2v) is 7.00. The van der Waals surface area contributed by atoms with Crippen LogP contribution in [-0.4, -0.2) is 25.2 Å². The number of ether oxygens (including phenoxy) is 1. The second kappa shape index (κ2) is 8.73. The van der Waals surface area contributed by atoms with Crippen molar-refractivity contribution < 1.29 is 14.3 Å². The van der Waals surface area contributed by atoms with Gasteiger partial charge in [0.2, 0.25) is 0 Å². The first kappa shape index (κ1) is 19.0. The topological polar surface area (TPSA) is 79.5 Å². The number of rotatable bonds is 7. The molecule has 1 aliphatic rings. The van der Waals surface area contributed by atoms with Crippen LogP contribution >= 0.6 is 11.3 Å². The molecule has 0 saturated carbocycles. The number of carbonyl (C=O) groups is 2. The largest absolute Gasteiger partial charge is 0.463 e. The molecule has 7 heteroatoms. The fourth-order valence-electron chi connectivity index (χ4n) is 3.06. The van der Waals surface area contributed by atoms with Crippen molar-refractivity contribution in [1.82, 2.24) is 10.6 Å². The van der Waals surface area contributed by atoms with Gasteiger partial charge in [-0.05, 0) is 36.4 Å². The van der Waals surface area contributed by atoms with Gasteiger partial charge in [-0.1, -0.05) is 31.2 Å². The van der Waals surface area contributed by atoms with E-state index >= 15 is 0 Å². The fourth-order valence-corrected chi connectivity index (χ4v) is 3.85. The van der Waals surface area contributed by atoms with E-state index in [1.54, 1.807) is 6.92 Å². The van der Waals surface area contributed by atoms with Crippen LogP contribution in [0.4, 0.5) is 10.5 Å². The Morgan fingerprint density at radius 1 is 1.22 bits per heavy atom. The summed E-state index contributed by atoms with van der Waals surface area (Å²) < 4.78 is 5.26. The normalized spacial score (nSPS) is 16.5. The van der Waals surface area contributed by atoms with Crippen molar-refractivity contribution >= 4 is 29.0 Å². The van der Waals surface area contributed by atoms with Crippen LogP contribution in [0.2, 0.25) is 0 Å². The third kappa shape index (κ3) is 4.31. The number of thiophene rings is 1. The molecule has 0 spiro atoms. The van der Waals surface area contributed by atoms with E-state index in [4.69, 9.17) is 4.74 Å². The molecule has 6 nitrogen and oxygen atoms in total. The molecule has 1 aromatic heterocycles. The molecule has 27 heavy (non-hydrogen) atoms. The van der Waals surface area contributed by atoms with Crippen LogP contribution in [0.25, 0.3) is 0 Å². The van der Waals surface area contributed by atoms with E-state index in [-0.39, 0.29) is 12.6 Å². The number of hydrogen-bond donors (Lipinski definition) is 3. The molecule has 0 unspecified atom stereocenters. The number of benzene rings is 1. The van der Waals surface area contributed by atoms with Crippen LogP contribution in [0.5, 0.6) is 0 Å².